The minimum Gasteiger partial charge on any atom is -0.504 e. The van der Waals surface area contributed by atoms with Crippen LogP contribution in [0.25, 0.3) is 0 Å². The number of hydrogen-bond acceptors (Lipinski definition) is 4. The zero-order chi connectivity index (χ0) is 9.97. The van der Waals surface area contributed by atoms with Crippen LogP contribution in [0.3, 0.4) is 0 Å². The number of hydrogen-bond donors (Lipinski definition) is 3. The average molecular weight is 193 g/mol. The molecule has 14 heavy (non-hydrogen) atoms. The summed E-state index contributed by atoms with van der Waals surface area (Å²) in [5.41, 5.74) is 0. The van der Waals surface area contributed by atoms with Gasteiger partial charge in [-0.1, -0.05) is 0 Å². The molecule has 0 aliphatic carbocycles. The third kappa shape index (κ3) is 1.67. The Bertz CT molecular complexity index is 350. The molecule has 1 fully saturated rings. The van der Waals surface area contributed by atoms with Crippen LogP contribution in [0.1, 0.15) is 6.42 Å². The van der Waals surface area contributed by atoms with Crippen LogP contribution < -0.4 is 10.6 Å². The van der Waals surface area contributed by atoms with Crippen LogP contribution >= 0.6 is 0 Å². The van der Waals surface area contributed by atoms with Crippen LogP contribution in [0.2, 0.25) is 0 Å². The molecule has 0 bridgehead atoms. The van der Waals surface area contributed by atoms with E-state index in [9.17, 15) is 9.90 Å². The zero-order valence-corrected chi connectivity index (χ0v) is 7.53. The Morgan fingerprint density at radius 3 is 3.07 bits per heavy atom. The van der Waals surface area contributed by atoms with Gasteiger partial charge < -0.3 is 15.7 Å². The molecule has 0 aromatic carbocycles. The maximum absolute atomic E-state index is 11.4. The van der Waals surface area contributed by atoms with E-state index in [0.29, 0.717) is 0 Å². The van der Waals surface area contributed by atoms with Crippen molar-refractivity contribution in [3.05, 3.63) is 18.3 Å². The van der Waals surface area contributed by atoms with Gasteiger partial charge in [-0.15, -0.1) is 0 Å². The van der Waals surface area contributed by atoms with Gasteiger partial charge in [0.1, 0.15) is 0 Å². The van der Waals surface area contributed by atoms with Gasteiger partial charge in [0.15, 0.2) is 11.6 Å². The minimum atomic E-state index is -0.148. The van der Waals surface area contributed by atoms with E-state index >= 15 is 0 Å². The molecule has 1 aromatic heterocycles. The number of carbonyl (C=O) groups excluding carboxylic acids is 1. The summed E-state index contributed by atoms with van der Waals surface area (Å²) in [6, 6.07) is 2.94. The van der Waals surface area contributed by atoms with E-state index in [0.717, 1.165) is 13.0 Å². The van der Waals surface area contributed by atoms with Crippen molar-refractivity contribution in [1.82, 2.24) is 10.3 Å². The first-order chi connectivity index (χ1) is 6.77. The van der Waals surface area contributed by atoms with Gasteiger partial charge in [-0.2, -0.15) is 0 Å². The van der Waals surface area contributed by atoms with E-state index in [1.807, 2.05) is 0 Å². The Balaban J connectivity index is 2.03. The van der Waals surface area contributed by atoms with Gasteiger partial charge in [-0.05, 0) is 25.1 Å². The number of aromatic hydroxyl groups is 1. The molecule has 1 atom stereocenters. The lowest BCUT2D eigenvalue weighted by Crippen LogP contribution is -2.50. The van der Waals surface area contributed by atoms with Crippen molar-refractivity contribution in [2.24, 2.45) is 0 Å². The molecule has 0 saturated carbocycles. The molecule has 5 nitrogen and oxygen atoms in total. The Morgan fingerprint density at radius 2 is 2.50 bits per heavy atom. The predicted octanol–water partition coefficient (Wildman–Crippen LogP) is 0.0876. The van der Waals surface area contributed by atoms with E-state index in [2.05, 4.69) is 15.6 Å². The molecule has 5 heteroatoms. The van der Waals surface area contributed by atoms with Gasteiger partial charge in [0.25, 0.3) is 0 Å². The van der Waals surface area contributed by atoms with Crippen LogP contribution in [-0.4, -0.2) is 28.6 Å². The molecule has 1 amide bonds. The number of amides is 1. The second-order valence-corrected chi connectivity index (χ2v) is 3.16. The minimum absolute atomic E-state index is 0.0137. The molecule has 1 aromatic rings. The fourth-order valence-electron chi connectivity index (χ4n) is 1.21. The summed E-state index contributed by atoms with van der Waals surface area (Å²) in [5.74, 6) is 0.0524. The summed E-state index contributed by atoms with van der Waals surface area (Å²) in [4.78, 5) is 15.3. The summed E-state index contributed by atoms with van der Waals surface area (Å²) >= 11 is 0. The largest absolute Gasteiger partial charge is 0.504 e. The van der Waals surface area contributed by atoms with E-state index in [1.165, 1.54) is 12.3 Å². The molecule has 1 saturated heterocycles. The maximum atomic E-state index is 11.4. The third-order valence-corrected chi connectivity index (χ3v) is 2.17. The van der Waals surface area contributed by atoms with E-state index in [-0.39, 0.29) is 23.5 Å². The Labute approximate surface area is 81.2 Å². The number of carbonyl (C=O) groups is 1. The average Bonchev–Trinajstić information content (AvgIpc) is 2.05. The first kappa shape index (κ1) is 8.96. The van der Waals surface area contributed by atoms with Crippen molar-refractivity contribution in [2.75, 3.05) is 11.9 Å². The third-order valence-electron chi connectivity index (χ3n) is 2.17. The summed E-state index contributed by atoms with van der Waals surface area (Å²) in [6.07, 6.45) is 2.35. The van der Waals surface area contributed by atoms with E-state index in [4.69, 9.17) is 0 Å². The lowest BCUT2D eigenvalue weighted by Gasteiger charge is -2.25. The molecule has 1 aliphatic heterocycles. The summed E-state index contributed by atoms with van der Waals surface area (Å²) in [7, 11) is 0. The highest BCUT2D eigenvalue weighted by Crippen LogP contribution is 2.18. The van der Waals surface area contributed by atoms with Gasteiger partial charge in [0, 0.05) is 6.20 Å². The van der Waals surface area contributed by atoms with Crippen molar-refractivity contribution in [2.45, 2.75) is 12.5 Å². The second-order valence-electron chi connectivity index (χ2n) is 3.16. The number of pyridine rings is 1. The topological polar surface area (TPSA) is 74.2 Å². The number of anilines is 1. The Hall–Kier alpha value is -1.62. The summed E-state index contributed by atoms with van der Waals surface area (Å²) in [5, 5.41) is 14.8. The lowest BCUT2D eigenvalue weighted by molar-refractivity contribution is -0.119. The van der Waals surface area contributed by atoms with Crippen LogP contribution in [-0.2, 0) is 4.79 Å². The van der Waals surface area contributed by atoms with Gasteiger partial charge in [0.05, 0.1) is 6.04 Å². The van der Waals surface area contributed by atoms with Crippen molar-refractivity contribution < 1.29 is 9.90 Å². The second kappa shape index (κ2) is 3.63. The molecule has 2 rings (SSSR count). The molecule has 0 radical (unpaired) electrons. The standard InChI is InChI=1S/C9H11N3O2/c13-7-2-1-4-11-8(7)12-9(14)6-3-5-10-6/h1-2,4,6,10,13H,3,5H2,(H,11,12,14)/t6-/m1/s1. The molecule has 1 aliphatic rings. The highest BCUT2D eigenvalue weighted by molar-refractivity contribution is 5.95. The monoisotopic (exact) mass is 193 g/mol. The molecular weight excluding hydrogens is 182 g/mol. The number of nitrogens with one attached hydrogen (secondary N) is 2. The molecule has 74 valence electrons. The summed E-state index contributed by atoms with van der Waals surface area (Å²) in [6.45, 7) is 0.867. The smallest absolute Gasteiger partial charge is 0.242 e. The van der Waals surface area contributed by atoms with Gasteiger partial charge in [-0.25, -0.2) is 4.98 Å². The maximum Gasteiger partial charge on any atom is 0.242 e. The van der Waals surface area contributed by atoms with E-state index in [1.54, 1.807) is 6.07 Å². The number of aromatic nitrogens is 1. The van der Waals surface area contributed by atoms with Crippen LogP contribution in [0.5, 0.6) is 5.75 Å². The van der Waals surface area contributed by atoms with Crippen LogP contribution in [0, 0.1) is 0 Å². The van der Waals surface area contributed by atoms with Gasteiger partial charge in [0.2, 0.25) is 5.91 Å². The van der Waals surface area contributed by atoms with Gasteiger partial charge >= 0.3 is 0 Å². The fraction of sp³-hybridized carbons (Fsp3) is 0.333. The van der Waals surface area contributed by atoms with Crippen molar-refractivity contribution >= 4 is 11.7 Å². The highest BCUT2D eigenvalue weighted by atomic mass is 16.3. The summed E-state index contributed by atoms with van der Waals surface area (Å²) < 4.78 is 0. The first-order valence-electron chi connectivity index (χ1n) is 4.45. The van der Waals surface area contributed by atoms with Crippen LogP contribution in [0.4, 0.5) is 5.82 Å². The molecule has 0 unspecified atom stereocenters. The lowest BCUT2D eigenvalue weighted by atomic mass is 10.1. The number of rotatable bonds is 2. The van der Waals surface area contributed by atoms with Gasteiger partial charge in [-0.3, -0.25) is 4.79 Å². The molecule has 3 N–H and O–H groups in total. The zero-order valence-electron chi connectivity index (χ0n) is 7.53. The molecular formula is C9H11N3O2. The fourth-order valence-corrected chi connectivity index (χ4v) is 1.21. The Morgan fingerprint density at radius 1 is 1.71 bits per heavy atom. The van der Waals surface area contributed by atoms with E-state index < -0.39 is 0 Å². The van der Waals surface area contributed by atoms with Crippen LogP contribution in [0.15, 0.2) is 18.3 Å². The predicted molar refractivity (Wildman–Crippen MR) is 50.9 cm³/mol. The molecule has 2 heterocycles. The number of nitrogens with zero attached hydrogens (tertiary/aromatic N) is 1. The molecule has 0 spiro atoms. The first-order valence-corrected chi connectivity index (χ1v) is 4.45. The normalized spacial score (nSPS) is 19.9. The Kier molecular flexibility index (Phi) is 2.32. The SMILES string of the molecule is O=C(Nc1ncccc1O)[C@H]1CCN1. The quantitative estimate of drug-likeness (QED) is 0.622. The highest BCUT2D eigenvalue weighted by Gasteiger charge is 2.25. The van der Waals surface area contributed by atoms with Crippen molar-refractivity contribution in [3.63, 3.8) is 0 Å². The van der Waals surface area contributed by atoms with Crippen molar-refractivity contribution in [3.8, 4) is 5.75 Å². The van der Waals surface area contributed by atoms with Crippen molar-refractivity contribution in [1.29, 1.82) is 0 Å².